The van der Waals surface area contributed by atoms with Crippen LogP contribution in [0.4, 0.5) is 10.6 Å². The number of nitrogens with zero attached hydrogens (tertiary/aromatic N) is 6. The molecule has 1 unspecified atom stereocenters. The summed E-state index contributed by atoms with van der Waals surface area (Å²) in [4.78, 5) is 36.9. The Hall–Kier alpha value is -3.85. The SMILES string of the molecule is CC(C)N(C[C@H]1O[C@@H](n2cnc3c(NCCCCNC(=O)OC(C)(C)C)ncnc32)[C@H]2OC(C)(C)OC12)C1CC(CCc2nc3ccc(C(C)(C)C)cc3[nH]2)C1. The van der Waals surface area contributed by atoms with Gasteiger partial charge in [-0.05, 0) is 110 Å². The van der Waals surface area contributed by atoms with Gasteiger partial charge < -0.3 is 34.6 Å². The number of nitrogens with one attached hydrogen (secondary N) is 3. The van der Waals surface area contributed by atoms with Crippen molar-refractivity contribution in [2.75, 3.05) is 25.0 Å². The zero-order valence-corrected chi connectivity index (χ0v) is 35.0. The third-order valence-electron chi connectivity index (χ3n) is 11.2. The van der Waals surface area contributed by atoms with Crippen LogP contribution in [-0.2, 0) is 30.8 Å². The topological polar surface area (TPSA) is 154 Å². The number of hydrogen-bond acceptors (Lipinski definition) is 11. The number of anilines is 1. The molecule has 1 amide bonds. The largest absolute Gasteiger partial charge is 0.444 e. The Labute approximate surface area is 331 Å². The Bertz CT molecular complexity index is 1970. The van der Waals surface area contributed by atoms with Crippen LogP contribution in [0.25, 0.3) is 22.2 Å². The van der Waals surface area contributed by atoms with Gasteiger partial charge in [-0.3, -0.25) is 9.47 Å². The molecule has 5 heterocycles. The summed E-state index contributed by atoms with van der Waals surface area (Å²) >= 11 is 0. The number of alkyl carbamates (subject to hydrolysis) is 1. The highest BCUT2D eigenvalue weighted by atomic mass is 16.8. The molecule has 0 bridgehead atoms. The fraction of sp³-hybridized carbons (Fsp3) is 0.690. The molecule has 3 N–H and O–H groups in total. The molecule has 3 aliphatic rings. The molecule has 7 rings (SSSR count). The Balaban J connectivity index is 0.950. The lowest BCUT2D eigenvalue weighted by atomic mass is 9.76. The van der Waals surface area contributed by atoms with E-state index < -0.39 is 23.7 Å². The van der Waals surface area contributed by atoms with Crippen LogP contribution in [0.3, 0.4) is 0 Å². The van der Waals surface area contributed by atoms with Gasteiger partial charge in [0.05, 0.1) is 17.4 Å². The van der Waals surface area contributed by atoms with Crippen molar-refractivity contribution in [2.24, 2.45) is 5.92 Å². The van der Waals surface area contributed by atoms with Crippen LogP contribution in [0.2, 0.25) is 0 Å². The maximum atomic E-state index is 11.9. The van der Waals surface area contributed by atoms with E-state index in [1.807, 2.05) is 39.2 Å². The van der Waals surface area contributed by atoms with E-state index in [4.69, 9.17) is 28.9 Å². The molecule has 1 aliphatic carbocycles. The first-order valence-corrected chi connectivity index (χ1v) is 20.6. The van der Waals surface area contributed by atoms with Crippen molar-refractivity contribution in [1.29, 1.82) is 0 Å². The van der Waals surface area contributed by atoms with Gasteiger partial charge in [0, 0.05) is 38.1 Å². The molecule has 14 nitrogen and oxygen atoms in total. The maximum Gasteiger partial charge on any atom is 0.407 e. The van der Waals surface area contributed by atoms with Crippen molar-refractivity contribution in [1.82, 2.24) is 39.7 Å². The second-order valence-electron chi connectivity index (χ2n) is 18.7. The number of benzene rings is 1. The fourth-order valence-corrected chi connectivity index (χ4v) is 8.34. The minimum absolute atomic E-state index is 0.110. The molecule has 2 saturated heterocycles. The van der Waals surface area contributed by atoms with Crippen LogP contribution in [0.5, 0.6) is 0 Å². The van der Waals surface area contributed by atoms with E-state index in [1.54, 1.807) is 12.7 Å². The van der Waals surface area contributed by atoms with Crippen molar-refractivity contribution in [3.05, 3.63) is 42.2 Å². The first kappa shape index (κ1) is 40.4. The average Bonchev–Trinajstić information content (AvgIpc) is 3.85. The molecule has 2 aliphatic heterocycles. The number of rotatable bonds is 14. The van der Waals surface area contributed by atoms with Gasteiger partial charge in [-0.15, -0.1) is 0 Å². The maximum absolute atomic E-state index is 11.9. The summed E-state index contributed by atoms with van der Waals surface area (Å²) < 4.78 is 27.2. The smallest absolute Gasteiger partial charge is 0.407 e. The number of carbonyl (C=O) groups is 1. The van der Waals surface area contributed by atoms with E-state index in [1.165, 1.54) is 18.4 Å². The summed E-state index contributed by atoms with van der Waals surface area (Å²) in [5.41, 5.74) is 4.44. The third kappa shape index (κ3) is 9.14. The number of aryl methyl sites for hydroxylation is 1. The van der Waals surface area contributed by atoms with Crippen LogP contribution in [0, 0.1) is 5.92 Å². The molecule has 56 heavy (non-hydrogen) atoms. The number of carbonyl (C=O) groups excluding carboxylic acids is 1. The number of unbranched alkanes of at least 4 members (excludes halogenated alkanes) is 1. The van der Waals surface area contributed by atoms with Crippen LogP contribution in [-0.4, -0.2) is 102 Å². The molecule has 4 aromatic rings. The molecule has 14 heteroatoms. The number of imidazole rings is 2. The van der Waals surface area contributed by atoms with Crippen molar-refractivity contribution < 1.29 is 23.7 Å². The Morgan fingerprint density at radius 2 is 1.80 bits per heavy atom. The predicted octanol–water partition coefficient (Wildman–Crippen LogP) is 7.26. The Morgan fingerprint density at radius 1 is 1.05 bits per heavy atom. The van der Waals surface area contributed by atoms with Gasteiger partial charge in [0.1, 0.15) is 36.1 Å². The summed E-state index contributed by atoms with van der Waals surface area (Å²) in [6.45, 7) is 22.7. The number of fused-ring (bicyclic) bond motifs is 3. The number of amides is 1. The summed E-state index contributed by atoms with van der Waals surface area (Å²) in [5, 5.41) is 6.21. The molecular weight excluding hydrogens is 711 g/mol. The Morgan fingerprint density at radius 3 is 2.54 bits per heavy atom. The predicted molar refractivity (Wildman–Crippen MR) is 216 cm³/mol. The van der Waals surface area contributed by atoms with E-state index >= 15 is 0 Å². The minimum Gasteiger partial charge on any atom is -0.444 e. The number of aromatic nitrogens is 6. The normalized spacial score (nSPS) is 24.9. The van der Waals surface area contributed by atoms with Crippen LogP contribution in [0.1, 0.15) is 119 Å². The lowest BCUT2D eigenvalue weighted by Crippen LogP contribution is -2.52. The quantitative estimate of drug-likeness (QED) is 0.111. The van der Waals surface area contributed by atoms with Gasteiger partial charge in [-0.1, -0.05) is 26.8 Å². The van der Waals surface area contributed by atoms with Gasteiger partial charge in [-0.25, -0.2) is 24.7 Å². The second-order valence-corrected chi connectivity index (χ2v) is 18.7. The van der Waals surface area contributed by atoms with Gasteiger partial charge >= 0.3 is 6.09 Å². The lowest BCUT2D eigenvalue weighted by molar-refractivity contribution is -0.199. The average molecular weight is 774 g/mol. The number of H-pyrrole nitrogens is 1. The van der Waals surface area contributed by atoms with E-state index in [9.17, 15) is 4.79 Å². The number of aromatic amines is 1. The highest BCUT2D eigenvalue weighted by Gasteiger charge is 2.57. The summed E-state index contributed by atoms with van der Waals surface area (Å²) in [6.07, 6.45) is 7.77. The summed E-state index contributed by atoms with van der Waals surface area (Å²) in [7, 11) is 0. The molecule has 306 valence electrons. The van der Waals surface area contributed by atoms with E-state index in [-0.39, 0.29) is 23.7 Å². The molecule has 3 aromatic heterocycles. The minimum atomic E-state index is -0.735. The van der Waals surface area contributed by atoms with E-state index in [0.29, 0.717) is 48.1 Å². The molecule has 0 spiro atoms. The van der Waals surface area contributed by atoms with E-state index in [0.717, 1.165) is 49.1 Å². The van der Waals surface area contributed by atoms with Gasteiger partial charge in [0.25, 0.3) is 0 Å². The van der Waals surface area contributed by atoms with Crippen LogP contribution < -0.4 is 10.6 Å². The molecule has 4 atom stereocenters. The number of hydrogen-bond donors (Lipinski definition) is 3. The molecule has 3 fully saturated rings. The summed E-state index contributed by atoms with van der Waals surface area (Å²) in [6, 6.07) is 7.45. The first-order chi connectivity index (χ1) is 26.4. The zero-order valence-electron chi connectivity index (χ0n) is 35.0. The lowest BCUT2D eigenvalue weighted by Gasteiger charge is -2.46. The molecule has 0 radical (unpaired) electrons. The zero-order chi connectivity index (χ0) is 40.0. The molecule has 1 saturated carbocycles. The third-order valence-corrected chi connectivity index (χ3v) is 11.2. The highest BCUT2D eigenvalue weighted by Crippen LogP contribution is 2.45. The van der Waals surface area contributed by atoms with Crippen molar-refractivity contribution in [3.8, 4) is 0 Å². The molecular formula is C42H63N9O5. The van der Waals surface area contributed by atoms with Crippen molar-refractivity contribution >= 4 is 34.1 Å². The standard InChI is InChI=1S/C42H63N9O5/c1-25(2)50(28-19-26(20-28)13-16-32-48-29-15-14-27(40(3,4)5)21-30(29)49-32)22-31-34-35(55-42(9,10)54-34)38(53-31)51-24-47-33-36(45-23-46-37(33)51)43-17-11-12-18-44-39(52)56-41(6,7)8/h14-15,21,23-26,28,31,34-35,38H,11-13,16-20,22H2,1-10H3,(H,44,52)(H,48,49)(H,43,45,46)/t26?,28?,31-,34?,35+,38-/m1/s1. The highest BCUT2D eigenvalue weighted by molar-refractivity contribution is 5.82. The van der Waals surface area contributed by atoms with Gasteiger partial charge in [0.2, 0.25) is 0 Å². The molecule has 1 aromatic carbocycles. The summed E-state index contributed by atoms with van der Waals surface area (Å²) in [5.74, 6) is 1.67. The second kappa shape index (κ2) is 15.8. The van der Waals surface area contributed by atoms with Crippen LogP contribution >= 0.6 is 0 Å². The van der Waals surface area contributed by atoms with Crippen molar-refractivity contribution in [2.45, 2.75) is 161 Å². The first-order valence-electron chi connectivity index (χ1n) is 20.6. The monoisotopic (exact) mass is 773 g/mol. The van der Waals surface area contributed by atoms with Gasteiger partial charge in [-0.2, -0.15) is 0 Å². The van der Waals surface area contributed by atoms with Crippen molar-refractivity contribution in [3.63, 3.8) is 0 Å². The fourth-order valence-electron chi connectivity index (χ4n) is 8.34. The van der Waals surface area contributed by atoms with Gasteiger partial charge in [0.15, 0.2) is 29.0 Å². The number of ether oxygens (including phenoxy) is 4. The van der Waals surface area contributed by atoms with E-state index in [2.05, 4.69) is 83.3 Å². The Kier molecular flexibility index (Phi) is 11.4. The van der Waals surface area contributed by atoms with Crippen LogP contribution in [0.15, 0.2) is 30.9 Å².